The van der Waals surface area contributed by atoms with Crippen LogP contribution >= 0.6 is 0 Å². The number of likely N-dealkylation sites (tertiary alicyclic amines) is 1. The summed E-state index contributed by atoms with van der Waals surface area (Å²) in [6.07, 6.45) is 3.67. The van der Waals surface area contributed by atoms with Crippen molar-refractivity contribution >= 4 is 0 Å². The molecule has 1 heteroatoms. The van der Waals surface area contributed by atoms with Crippen molar-refractivity contribution in [2.24, 2.45) is 5.92 Å². The second-order valence-electron chi connectivity index (χ2n) is 9.07. The maximum absolute atomic E-state index is 2.78. The molecule has 3 unspecified atom stereocenters. The largest absolute Gasteiger partial charge is 0.299 e. The number of nitrogens with zero attached hydrogens (tertiary/aromatic N) is 1. The van der Waals surface area contributed by atoms with E-state index in [-0.39, 0.29) is 0 Å². The molecule has 2 bridgehead atoms. The van der Waals surface area contributed by atoms with Gasteiger partial charge in [0.1, 0.15) is 0 Å². The van der Waals surface area contributed by atoms with Crippen LogP contribution < -0.4 is 0 Å². The maximum Gasteiger partial charge on any atom is 0.0170 e. The van der Waals surface area contributed by atoms with Crippen LogP contribution in [0.15, 0.2) is 48.5 Å². The van der Waals surface area contributed by atoms with Gasteiger partial charge in [-0.3, -0.25) is 4.90 Å². The first kappa shape index (κ1) is 17.8. The van der Waals surface area contributed by atoms with Gasteiger partial charge in [0, 0.05) is 12.6 Å². The van der Waals surface area contributed by atoms with Gasteiger partial charge in [0.25, 0.3) is 0 Å². The lowest BCUT2D eigenvalue weighted by Crippen LogP contribution is -2.58. The fraction of sp³-hybridized carbons (Fsp3) is 0.520. The summed E-state index contributed by atoms with van der Waals surface area (Å²) >= 11 is 0. The predicted molar refractivity (Wildman–Crippen MR) is 111 cm³/mol. The van der Waals surface area contributed by atoms with Gasteiger partial charge < -0.3 is 0 Å². The molecule has 1 aliphatic heterocycles. The minimum absolute atomic E-state index is 0.340. The molecule has 0 radical (unpaired) electrons. The summed E-state index contributed by atoms with van der Waals surface area (Å²) in [6, 6.07) is 19.0. The Morgan fingerprint density at radius 1 is 1.12 bits per heavy atom. The Hall–Kier alpha value is -1.60. The standard InChI is InChI=1S/C25H33N/c1-18(2)21-10-11-22-17-24-19(3)25(4,23(22)16-21)13-15-26(24)14-12-20-8-6-5-7-9-20/h5-11,16,18-19,24H,12-15,17H2,1-4H3. The Morgan fingerprint density at radius 3 is 2.62 bits per heavy atom. The predicted octanol–water partition coefficient (Wildman–Crippen LogP) is 5.58. The van der Waals surface area contributed by atoms with Gasteiger partial charge in [0.05, 0.1) is 0 Å². The van der Waals surface area contributed by atoms with Gasteiger partial charge in [-0.2, -0.15) is 0 Å². The first-order valence-corrected chi connectivity index (χ1v) is 10.4. The van der Waals surface area contributed by atoms with Gasteiger partial charge in [0.15, 0.2) is 0 Å². The lowest BCUT2D eigenvalue weighted by molar-refractivity contribution is 0.0323. The van der Waals surface area contributed by atoms with Crippen molar-refractivity contribution in [2.45, 2.75) is 64.3 Å². The number of piperidine rings is 1. The zero-order valence-corrected chi connectivity index (χ0v) is 16.8. The van der Waals surface area contributed by atoms with E-state index in [2.05, 4.69) is 81.1 Å². The summed E-state index contributed by atoms with van der Waals surface area (Å²) in [5.74, 6) is 1.34. The topological polar surface area (TPSA) is 3.24 Å². The van der Waals surface area contributed by atoms with Crippen molar-refractivity contribution in [3.8, 4) is 0 Å². The van der Waals surface area contributed by atoms with Gasteiger partial charge >= 0.3 is 0 Å². The molecular formula is C25H33N. The molecule has 138 valence electrons. The van der Waals surface area contributed by atoms with Crippen molar-refractivity contribution in [1.29, 1.82) is 0 Å². The highest BCUT2D eigenvalue weighted by Crippen LogP contribution is 2.49. The first-order chi connectivity index (χ1) is 12.5. The minimum atomic E-state index is 0.340. The van der Waals surface area contributed by atoms with Crippen molar-refractivity contribution in [3.63, 3.8) is 0 Å². The lowest BCUT2D eigenvalue weighted by atomic mass is 9.58. The van der Waals surface area contributed by atoms with Crippen molar-refractivity contribution in [3.05, 3.63) is 70.8 Å². The molecular weight excluding hydrogens is 314 g/mol. The van der Waals surface area contributed by atoms with E-state index in [4.69, 9.17) is 0 Å². The van der Waals surface area contributed by atoms with Crippen LogP contribution in [-0.4, -0.2) is 24.0 Å². The van der Waals surface area contributed by atoms with E-state index in [9.17, 15) is 0 Å². The van der Waals surface area contributed by atoms with Crippen molar-refractivity contribution < 1.29 is 0 Å². The molecule has 1 heterocycles. The summed E-state index contributed by atoms with van der Waals surface area (Å²) < 4.78 is 0. The Morgan fingerprint density at radius 2 is 1.88 bits per heavy atom. The van der Waals surface area contributed by atoms with Crippen LogP contribution in [0.25, 0.3) is 0 Å². The van der Waals surface area contributed by atoms with E-state index in [1.165, 1.54) is 43.5 Å². The van der Waals surface area contributed by atoms with Crippen molar-refractivity contribution in [2.75, 3.05) is 13.1 Å². The molecule has 2 aromatic carbocycles. The van der Waals surface area contributed by atoms with E-state index < -0.39 is 0 Å². The molecule has 0 N–H and O–H groups in total. The molecule has 1 nitrogen and oxygen atoms in total. The van der Waals surface area contributed by atoms with Crippen LogP contribution in [0, 0.1) is 5.92 Å². The molecule has 4 rings (SSSR count). The second kappa shape index (κ2) is 6.85. The molecule has 2 aromatic rings. The van der Waals surface area contributed by atoms with Gasteiger partial charge in [-0.25, -0.2) is 0 Å². The van der Waals surface area contributed by atoms with Gasteiger partial charge in [-0.15, -0.1) is 0 Å². The second-order valence-corrected chi connectivity index (χ2v) is 9.07. The van der Waals surface area contributed by atoms with Crippen LogP contribution in [0.4, 0.5) is 0 Å². The summed E-state index contributed by atoms with van der Waals surface area (Å²) in [5.41, 5.74) is 6.56. The third-order valence-corrected chi connectivity index (χ3v) is 7.34. The average Bonchev–Trinajstić information content (AvgIpc) is 2.64. The van der Waals surface area contributed by atoms with E-state index in [1.54, 1.807) is 11.1 Å². The number of rotatable bonds is 4. The molecule has 1 aliphatic carbocycles. The zero-order valence-electron chi connectivity index (χ0n) is 16.8. The molecule has 1 saturated heterocycles. The fourth-order valence-corrected chi connectivity index (χ4v) is 5.28. The Labute approximate surface area is 159 Å². The van der Waals surface area contributed by atoms with Gasteiger partial charge in [0.2, 0.25) is 0 Å². The highest BCUT2D eigenvalue weighted by molar-refractivity contribution is 5.43. The number of fused-ring (bicyclic) bond motifs is 4. The van der Waals surface area contributed by atoms with Crippen LogP contribution in [0.3, 0.4) is 0 Å². The number of benzene rings is 2. The highest BCUT2D eigenvalue weighted by Gasteiger charge is 2.48. The van der Waals surface area contributed by atoms with Crippen LogP contribution in [0.1, 0.15) is 62.3 Å². The average molecular weight is 348 g/mol. The van der Waals surface area contributed by atoms with E-state index in [0.717, 1.165) is 5.92 Å². The SMILES string of the molecule is CC(C)c1ccc2c(c1)C1(C)CCN(CCc3ccccc3)C(C2)C1C. The molecule has 3 atom stereocenters. The number of hydrogen-bond donors (Lipinski definition) is 0. The molecule has 0 aromatic heterocycles. The molecule has 26 heavy (non-hydrogen) atoms. The monoisotopic (exact) mass is 347 g/mol. The first-order valence-electron chi connectivity index (χ1n) is 10.4. The van der Waals surface area contributed by atoms with Gasteiger partial charge in [-0.1, -0.05) is 76.2 Å². The zero-order chi connectivity index (χ0) is 18.3. The Kier molecular flexibility index (Phi) is 4.69. The summed E-state index contributed by atoms with van der Waals surface area (Å²) in [6.45, 7) is 12.1. The van der Waals surface area contributed by atoms with Crippen molar-refractivity contribution in [1.82, 2.24) is 4.90 Å². The van der Waals surface area contributed by atoms with Crippen LogP contribution in [0.2, 0.25) is 0 Å². The summed E-state index contributed by atoms with van der Waals surface area (Å²) in [7, 11) is 0. The lowest BCUT2D eigenvalue weighted by Gasteiger charge is -2.55. The Balaban J connectivity index is 1.58. The third-order valence-electron chi connectivity index (χ3n) is 7.34. The summed E-state index contributed by atoms with van der Waals surface area (Å²) in [5, 5.41) is 0. The highest BCUT2D eigenvalue weighted by atomic mass is 15.2. The quantitative estimate of drug-likeness (QED) is 0.698. The number of hydrogen-bond acceptors (Lipinski definition) is 1. The third kappa shape index (κ3) is 3.01. The maximum atomic E-state index is 2.78. The minimum Gasteiger partial charge on any atom is -0.299 e. The van der Waals surface area contributed by atoms with E-state index >= 15 is 0 Å². The molecule has 0 spiro atoms. The summed E-state index contributed by atoms with van der Waals surface area (Å²) in [4.78, 5) is 2.78. The molecule has 2 aliphatic rings. The van der Waals surface area contributed by atoms with Crippen LogP contribution in [0.5, 0.6) is 0 Å². The van der Waals surface area contributed by atoms with E-state index in [0.29, 0.717) is 17.4 Å². The molecule has 0 saturated carbocycles. The smallest absolute Gasteiger partial charge is 0.0170 e. The normalized spacial score (nSPS) is 28.2. The van der Waals surface area contributed by atoms with E-state index in [1.807, 2.05) is 0 Å². The Bertz CT molecular complexity index is 763. The van der Waals surface area contributed by atoms with Gasteiger partial charge in [-0.05, 0) is 65.3 Å². The fourth-order valence-electron chi connectivity index (χ4n) is 5.28. The van der Waals surface area contributed by atoms with Crippen LogP contribution in [-0.2, 0) is 18.3 Å². The molecule has 0 amide bonds. The molecule has 1 fully saturated rings.